The molecule has 3 N–H and O–H groups in total. The summed E-state index contributed by atoms with van der Waals surface area (Å²) in [7, 11) is 0. The molecule has 0 saturated heterocycles. The highest BCUT2D eigenvalue weighted by Gasteiger charge is 2.23. The van der Waals surface area contributed by atoms with E-state index in [1.165, 1.54) is 0 Å². The van der Waals surface area contributed by atoms with Crippen LogP contribution in [0.25, 0.3) is 0 Å². The molecule has 0 bridgehead atoms. The molecule has 1 aromatic heterocycles. The third-order valence-electron chi connectivity index (χ3n) is 2.80. The molecule has 5 heteroatoms. The van der Waals surface area contributed by atoms with E-state index >= 15 is 0 Å². The number of aryl methyl sites for hydroxylation is 1. The summed E-state index contributed by atoms with van der Waals surface area (Å²) < 4.78 is 0.788. The van der Waals surface area contributed by atoms with Crippen molar-refractivity contribution in [3.63, 3.8) is 0 Å². The van der Waals surface area contributed by atoms with Gasteiger partial charge in [0, 0.05) is 6.54 Å². The van der Waals surface area contributed by atoms with Crippen LogP contribution in [0, 0.1) is 18.3 Å². The van der Waals surface area contributed by atoms with Crippen LogP contribution < -0.4 is 11.1 Å². The minimum Gasteiger partial charge on any atom is -0.330 e. The molecule has 0 spiro atoms. The number of nitrogens with zero attached hydrogens (tertiary/aromatic N) is 1. The van der Waals surface area contributed by atoms with Crippen molar-refractivity contribution in [2.45, 2.75) is 34.1 Å². The Morgan fingerprint density at radius 1 is 1.53 bits per heavy atom. The quantitative estimate of drug-likeness (QED) is 0.835. The lowest BCUT2D eigenvalue weighted by atomic mass is 9.84. The summed E-state index contributed by atoms with van der Waals surface area (Å²) in [5.41, 5.74) is 7.47. The second-order valence-electron chi connectivity index (χ2n) is 6.02. The van der Waals surface area contributed by atoms with Gasteiger partial charge in [-0.05, 0) is 46.3 Å². The van der Waals surface area contributed by atoms with Crippen molar-refractivity contribution in [1.82, 2.24) is 4.98 Å². The van der Waals surface area contributed by atoms with Gasteiger partial charge in [-0.2, -0.15) is 0 Å². The molecule has 1 aromatic rings. The van der Waals surface area contributed by atoms with Crippen molar-refractivity contribution in [2.75, 3.05) is 11.9 Å². The Balaban J connectivity index is 2.74. The van der Waals surface area contributed by atoms with E-state index < -0.39 is 0 Å². The highest BCUT2D eigenvalue weighted by molar-refractivity contribution is 9.10. The Bertz CT molecular complexity index is 454. The molecule has 1 amide bonds. The maximum absolute atomic E-state index is 12.2. The van der Waals surface area contributed by atoms with E-state index in [1.807, 2.05) is 13.0 Å². The minimum absolute atomic E-state index is 0.0408. The number of nitrogens with two attached hydrogens (primary N) is 1. The number of carbonyl (C=O) groups is 1. The number of pyridine rings is 1. The van der Waals surface area contributed by atoms with Crippen LogP contribution in [0.3, 0.4) is 0 Å². The number of aromatic nitrogens is 1. The maximum atomic E-state index is 12.2. The number of hydrogen-bond donors (Lipinski definition) is 2. The van der Waals surface area contributed by atoms with Gasteiger partial charge in [-0.3, -0.25) is 4.79 Å². The third-order valence-corrected chi connectivity index (χ3v) is 3.63. The van der Waals surface area contributed by atoms with Gasteiger partial charge in [-0.15, -0.1) is 0 Å². The summed E-state index contributed by atoms with van der Waals surface area (Å²) in [4.78, 5) is 16.3. The second kappa shape index (κ2) is 6.48. The first-order chi connectivity index (χ1) is 8.73. The topological polar surface area (TPSA) is 68.0 Å². The first kappa shape index (κ1) is 16.1. The lowest BCUT2D eigenvalue weighted by Gasteiger charge is -2.24. The van der Waals surface area contributed by atoms with E-state index in [-0.39, 0.29) is 17.2 Å². The van der Waals surface area contributed by atoms with Crippen LogP contribution >= 0.6 is 15.9 Å². The highest BCUT2D eigenvalue weighted by Crippen LogP contribution is 2.25. The maximum Gasteiger partial charge on any atom is 0.228 e. The fourth-order valence-electron chi connectivity index (χ4n) is 1.89. The Morgan fingerprint density at radius 3 is 2.63 bits per heavy atom. The molecule has 1 heterocycles. The summed E-state index contributed by atoms with van der Waals surface area (Å²) in [6, 6.07) is 1.89. The van der Waals surface area contributed by atoms with Crippen molar-refractivity contribution in [3.8, 4) is 0 Å². The van der Waals surface area contributed by atoms with E-state index in [9.17, 15) is 4.79 Å². The lowest BCUT2D eigenvalue weighted by molar-refractivity contribution is -0.120. The van der Waals surface area contributed by atoms with Crippen molar-refractivity contribution in [3.05, 3.63) is 22.4 Å². The molecule has 0 saturated carbocycles. The zero-order chi connectivity index (χ0) is 14.6. The monoisotopic (exact) mass is 327 g/mol. The first-order valence-corrected chi connectivity index (χ1v) is 7.15. The molecular formula is C14H22BrN3O. The number of rotatable bonds is 4. The zero-order valence-corrected chi connectivity index (χ0v) is 13.5. The predicted molar refractivity (Wildman–Crippen MR) is 81.9 cm³/mol. The van der Waals surface area contributed by atoms with Crippen LogP contribution in [-0.2, 0) is 4.79 Å². The van der Waals surface area contributed by atoms with Crippen molar-refractivity contribution >= 4 is 27.5 Å². The SMILES string of the molecule is Cc1cc(NC(=O)C(CN)CC(C)(C)C)cnc1Br. The molecule has 106 valence electrons. The summed E-state index contributed by atoms with van der Waals surface area (Å²) in [5, 5.41) is 2.88. The van der Waals surface area contributed by atoms with E-state index in [4.69, 9.17) is 5.73 Å². The van der Waals surface area contributed by atoms with Crippen LogP contribution in [-0.4, -0.2) is 17.4 Å². The van der Waals surface area contributed by atoms with Gasteiger partial charge in [0.25, 0.3) is 0 Å². The minimum atomic E-state index is -0.177. The average Bonchev–Trinajstić information content (AvgIpc) is 2.29. The van der Waals surface area contributed by atoms with Gasteiger partial charge in [-0.1, -0.05) is 20.8 Å². The van der Waals surface area contributed by atoms with Crippen LogP contribution in [0.5, 0.6) is 0 Å². The van der Waals surface area contributed by atoms with Gasteiger partial charge in [0.15, 0.2) is 0 Å². The van der Waals surface area contributed by atoms with Crippen LogP contribution in [0.2, 0.25) is 0 Å². The number of carbonyl (C=O) groups excluding carboxylic acids is 1. The van der Waals surface area contributed by atoms with Crippen LogP contribution in [0.4, 0.5) is 5.69 Å². The molecule has 0 radical (unpaired) electrons. The summed E-state index contributed by atoms with van der Waals surface area (Å²) in [6.45, 7) is 8.60. The fourth-order valence-corrected chi connectivity index (χ4v) is 2.11. The molecule has 0 aliphatic heterocycles. The van der Waals surface area contributed by atoms with Gasteiger partial charge in [0.1, 0.15) is 4.60 Å². The number of anilines is 1. The van der Waals surface area contributed by atoms with Gasteiger partial charge in [0.05, 0.1) is 17.8 Å². The largest absolute Gasteiger partial charge is 0.330 e. The lowest BCUT2D eigenvalue weighted by Crippen LogP contribution is -2.32. The predicted octanol–water partition coefficient (Wildman–Crippen LogP) is 3.10. The molecule has 19 heavy (non-hydrogen) atoms. The van der Waals surface area contributed by atoms with Crippen molar-refractivity contribution < 1.29 is 4.79 Å². The third kappa shape index (κ3) is 5.28. The molecule has 0 aromatic carbocycles. The Hall–Kier alpha value is -0.940. The number of hydrogen-bond acceptors (Lipinski definition) is 3. The standard InChI is InChI=1S/C14H22BrN3O/c1-9-5-11(8-17-12(9)15)18-13(19)10(7-16)6-14(2,3)4/h5,8,10H,6-7,16H2,1-4H3,(H,18,19). The molecule has 1 rings (SSSR count). The average molecular weight is 328 g/mol. The molecule has 0 aliphatic carbocycles. The smallest absolute Gasteiger partial charge is 0.228 e. The normalized spacial score (nSPS) is 13.2. The molecule has 4 nitrogen and oxygen atoms in total. The molecular weight excluding hydrogens is 306 g/mol. The number of nitrogens with one attached hydrogen (secondary N) is 1. The van der Waals surface area contributed by atoms with Gasteiger partial charge < -0.3 is 11.1 Å². The van der Waals surface area contributed by atoms with Gasteiger partial charge in [-0.25, -0.2) is 4.98 Å². The molecule has 0 fully saturated rings. The van der Waals surface area contributed by atoms with Crippen LogP contribution in [0.15, 0.2) is 16.9 Å². The van der Waals surface area contributed by atoms with E-state index in [0.717, 1.165) is 16.6 Å². The second-order valence-corrected chi connectivity index (χ2v) is 6.77. The van der Waals surface area contributed by atoms with Crippen molar-refractivity contribution in [1.29, 1.82) is 0 Å². The van der Waals surface area contributed by atoms with Gasteiger partial charge in [0.2, 0.25) is 5.91 Å². The number of amides is 1. The Labute approximate surface area is 123 Å². The summed E-state index contributed by atoms with van der Waals surface area (Å²) in [6.07, 6.45) is 2.40. The zero-order valence-electron chi connectivity index (χ0n) is 12.0. The summed E-state index contributed by atoms with van der Waals surface area (Å²) in [5.74, 6) is -0.218. The molecule has 1 unspecified atom stereocenters. The summed E-state index contributed by atoms with van der Waals surface area (Å²) >= 11 is 3.33. The molecule has 0 aliphatic rings. The Morgan fingerprint density at radius 2 is 2.16 bits per heavy atom. The fraction of sp³-hybridized carbons (Fsp3) is 0.571. The van der Waals surface area contributed by atoms with Crippen LogP contribution in [0.1, 0.15) is 32.8 Å². The van der Waals surface area contributed by atoms with E-state index in [1.54, 1.807) is 6.20 Å². The van der Waals surface area contributed by atoms with E-state index in [0.29, 0.717) is 12.2 Å². The Kier molecular flexibility index (Phi) is 5.50. The van der Waals surface area contributed by atoms with E-state index in [2.05, 4.69) is 47.0 Å². The van der Waals surface area contributed by atoms with Crippen molar-refractivity contribution in [2.24, 2.45) is 17.1 Å². The first-order valence-electron chi connectivity index (χ1n) is 6.36. The van der Waals surface area contributed by atoms with Gasteiger partial charge >= 0.3 is 0 Å². The highest BCUT2D eigenvalue weighted by atomic mass is 79.9. The molecule has 1 atom stereocenters. The number of halogens is 1.